The zero-order valence-corrected chi connectivity index (χ0v) is 11.5. The predicted octanol–water partition coefficient (Wildman–Crippen LogP) is 3.21. The Balaban J connectivity index is 1.73. The minimum atomic E-state index is -0.654. The summed E-state index contributed by atoms with van der Waals surface area (Å²) in [6.07, 6.45) is 4.17. The number of aliphatic hydroxyl groups excluding tert-OH is 1. The van der Waals surface area contributed by atoms with E-state index < -0.39 is 11.9 Å². The molecule has 1 aliphatic rings. The molecule has 19 heavy (non-hydrogen) atoms. The van der Waals surface area contributed by atoms with Crippen molar-refractivity contribution in [3.63, 3.8) is 0 Å². The summed E-state index contributed by atoms with van der Waals surface area (Å²) in [5.41, 5.74) is 0.299. The Morgan fingerprint density at radius 3 is 2.89 bits per heavy atom. The highest BCUT2D eigenvalue weighted by molar-refractivity contribution is 6.31. The molecule has 1 aromatic carbocycles. The number of rotatable bonds is 6. The molecule has 5 heteroatoms. The Labute approximate surface area is 117 Å². The van der Waals surface area contributed by atoms with Gasteiger partial charge in [-0.2, -0.15) is 0 Å². The van der Waals surface area contributed by atoms with Crippen LogP contribution >= 0.6 is 11.6 Å². The summed E-state index contributed by atoms with van der Waals surface area (Å²) in [6.45, 7) is 0.518. The Morgan fingerprint density at radius 2 is 2.16 bits per heavy atom. The van der Waals surface area contributed by atoms with E-state index in [2.05, 4.69) is 5.32 Å². The van der Waals surface area contributed by atoms with Crippen molar-refractivity contribution in [1.29, 1.82) is 0 Å². The minimum Gasteiger partial charge on any atom is -0.389 e. The van der Waals surface area contributed by atoms with Crippen molar-refractivity contribution < 1.29 is 14.2 Å². The molecular formula is C14H19ClFNO2. The van der Waals surface area contributed by atoms with Crippen molar-refractivity contribution in [1.82, 2.24) is 0 Å². The molecule has 3 nitrogen and oxygen atoms in total. The largest absolute Gasteiger partial charge is 0.389 e. The van der Waals surface area contributed by atoms with E-state index in [-0.39, 0.29) is 24.3 Å². The predicted molar refractivity (Wildman–Crippen MR) is 74.1 cm³/mol. The molecule has 0 saturated heterocycles. The Kier molecular flexibility index (Phi) is 5.43. The third-order valence-electron chi connectivity index (χ3n) is 3.31. The van der Waals surface area contributed by atoms with E-state index in [0.717, 1.165) is 12.8 Å². The molecule has 0 aliphatic heterocycles. The van der Waals surface area contributed by atoms with Crippen LogP contribution in [0.5, 0.6) is 0 Å². The monoisotopic (exact) mass is 287 g/mol. The molecule has 1 fully saturated rings. The normalized spacial score (nSPS) is 17.6. The van der Waals surface area contributed by atoms with E-state index >= 15 is 0 Å². The van der Waals surface area contributed by atoms with Gasteiger partial charge in [0.25, 0.3) is 0 Å². The summed E-state index contributed by atoms with van der Waals surface area (Å²) >= 11 is 5.67. The molecule has 0 amide bonds. The average molecular weight is 288 g/mol. The molecule has 106 valence electrons. The van der Waals surface area contributed by atoms with Crippen LogP contribution in [0.15, 0.2) is 18.2 Å². The van der Waals surface area contributed by atoms with Crippen LogP contribution < -0.4 is 5.32 Å². The first-order chi connectivity index (χ1) is 9.16. The number of aliphatic hydroxyl groups is 1. The fraction of sp³-hybridized carbons (Fsp3) is 0.571. The van der Waals surface area contributed by atoms with Gasteiger partial charge in [0.15, 0.2) is 5.82 Å². The zero-order chi connectivity index (χ0) is 13.7. The van der Waals surface area contributed by atoms with E-state index in [9.17, 15) is 9.50 Å². The lowest BCUT2D eigenvalue weighted by molar-refractivity contribution is -0.00119. The van der Waals surface area contributed by atoms with Crippen molar-refractivity contribution in [2.75, 3.05) is 18.5 Å². The van der Waals surface area contributed by atoms with Crippen molar-refractivity contribution in [3.05, 3.63) is 29.0 Å². The summed E-state index contributed by atoms with van der Waals surface area (Å²) < 4.78 is 19.2. The summed E-state index contributed by atoms with van der Waals surface area (Å²) in [7, 11) is 0. The summed E-state index contributed by atoms with van der Waals surface area (Å²) in [6, 6.07) is 4.74. The molecule has 2 N–H and O–H groups in total. The van der Waals surface area contributed by atoms with Gasteiger partial charge in [0.05, 0.1) is 29.5 Å². The van der Waals surface area contributed by atoms with E-state index in [1.165, 1.54) is 18.9 Å². The van der Waals surface area contributed by atoms with Crippen LogP contribution in [0.4, 0.5) is 10.1 Å². The smallest absolute Gasteiger partial charge is 0.164 e. The van der Waals surface area contributed by atoms with Crippen LogP contribution in [0.2, 0.25) is 5.02 Å². The highest BCUT2D eigenvalue weighted by Gasteiger charge is 2.17. The summed E-state index contributed by atoms with van der Waals surface area (Å²) in [5, 5.41) is 12.7. The van der Waals surface area contributed by atoms with Crippen molar-refractivity contribution in [3.8, 4) is 0 Å². The van der Waals surface area contributed by atoms with Crippen LogP contribution in [-0.2, 0) is 4.74 Å². The number of benzene rings is 1. The molecular weight excluding hydrogens is 269 g/mol. The fourth-order valence-corrected chi connectivity index (χ4v) is 2.40. The van der Waals surface area contributed by atoms with Gasteiger partial charge in [0, 0.05) is 6.54 Å². The first kappa shape index (κ1) is 14.6. The topological polar surface area (TPSA) is 41.5 Å². The second-order valence-electron chi connectivity index (χ2n) is 4.88. The maximum Gasteiger partial charge on any atom is 0.164 e. The molecule has 1 aliphatic carbocycles. The number of halogens is 2. The van der Waals surface area contributed by atoms with Crippen LogP contribution in [0.1, 0.15) is 25.7 Å². The standard InChI is InChI=1S/C14H19ClFNO2/c15-12-6-3-7-13(14(12)16)17-8-10(18)9-19-11-4-1-2-5-11/h3,6-7,10-11,17-18H,1-2,4-5,8-9H2. The van der Waals surface area contributed by atoms with Gasteiger partial charge in [-0.25, -0.2) is 4.39 Å². The molecule has 0 radical (unpaired) electrons. The first-order valence-corrected chi connectivity index (χ1v) is 7.02. The molecule has 0 aromatic heterocycles. The minimum absolute atomic E-state index is 0.0710. The van der Waals surface area contributed by atoms with E-state index in [1.54, 1.807) is 12.1 Å². The highest BCUT2D eigenvalue weighted by Crippen LogP contribution is 2.22. The van der Waals surface area contributed by atoms with Gasteiger partial charge in [-0.15, -0.1) is 0 Å². The van der Waals surface area contributed by atoms with Crippen LogP contribution in [-0.4, -0.2) is 30.5 Å². The molecule has 1 aromatic rings. The summed E-state index contributed by atoms with van der Waals surface area (Å²) in [4.78, 5) is 0. The fourth-order valence-electron chi connectivity index (χ4n) is 2.23. The van der Waals surface area contributed by atoms with Crippen LogP contribution in [0.25, 0.3) is 0 Å². The Morgan fingerprint density at radius 1 is 1.42 bits per heavy atom. The second kappa shape index (κ2) is 7.08. The molecule has 0 heterocycles. The average Bonchev–Trinajstić information content (AvgIpc) is 2.91. The lowest BCUT2D eigenvalue weighted by Gasteiger charge is -2.16. The van der Waals surface area contributed by atoms with Gasteiger partial charge < -0.3 is 15.2 Å². The Hall–Kier alpha value is -0.840. The Bertz CT molecular complexity index is 410. The number of ether oxygens (including phenoxy) is 1. The van der Waals surface area contributed by atoms with Crippen LogP contribution in [0.3, 0.4) is 0 Å². The van der Waals surface area contributed by atoms with Gasteiger partial charge in [-0.05, 0) is 25.0 Å². The lowest BCUT2D eigenvalue weighted by atomic mass is 10.2. The molecule has 2 rings (SSSR count). The molecule has 1 atom stereocenters. The number of anilines is 1. The van der Waals surface area contributed by atoms with Gasteiger partial charge in [-0.1, -0.05) is 30.5 Å². The van der Waals surface area contributed by atoms with Gasteiger partial charge in [0.1, 0.15) is 0 Å². The SMILES string of the molecule is OC(CNc1cccc(Cl)c1F)COC1CCCC1. The van der Waals surface area contributed by atoms with Gasteiger partial charge >= 0.3 is 0 Å². The number of nitrogens with one attached hydrogen (secondary N) is 1. The molecule has 0 spiro atoms. The number of hydrogen-bond donors (Lipinski definition) is 2. The maximum atomic E-state index is 13.6. The van der Waals surface area contributed by atoms with Gasteiger partial charge in [-0.3, -0.25) is 0 Å². The van der Waals surface area contributed by atoms with Gasteiger partial charge in [0.2, 0.25) is 0 Å². The maximum absolute atomic E-state index is 13.6. The van der Waals surface area contributed by atoms with E-state index in [0.29, 0.717) is 5.69 Å². The van der Waals surface area contributed by atoms with Crippen molar-refractivity contribution in [2.45, 2.75) is 37.9 Å². The van der Waals surface area contributed by atoms with E-state index in [1.807, 2.05) is 0 Å². The highest BCUT2D eigenvalue weighted by atomic mass is 35.5. The van der Waals surface area contributed by atoms with Crippen LogP contribution in [0, 0.1) is 5.82 Å². The number of hydrogen-bond acceptors (Lipinski definition) is 3. The van der Waals surface area contributed by atoms with Crippen molar-refractivity contribution >= 4 is 17.3 Å². The molecule has 1 unspecified atom stereocenters. The molecule has 1 saturated carbocycles. The third-order valence-corrected chi connectivity index (χ3v) is 3.60. The van der Waals surface area contributed by atoms with Crippen molar-refractivity contribution in [2.24, 2.45) is 0 Å². The first-order valence-electron chi connectivity index (χ1n) is 6.64. The quantitative estimate of drug-likeness (QED) is 0.844. The second-order valence-corrected chi connectivity index (χ2v) is 5.28. The lowest BCUT2D eigenvalue weighted by Crippen LogP contribution is -2.27. The molecule has 0 bridgehead atoms. The summed E-state index contributed by atoms with van der Waals surface area (Å²) in [5.74, 6) is -0.493. The third kappa shape index (κ3) is 4.34. The van der Waals surface area contributed by atoms with E-state index in [4.69, 9.17) is 16.3 Å². The zero-order valence-electron chi connectivity index (χ0n) is 10.7.